The van der Waals surface area contributed by atoms with Crippen molar-refractivity contribution in [2.24, 2.45) is 5.10 Å². The van der Waals surface area contributed by atoms with Crippen molar-refractivity contribution < 1.29 is 9.53 Å². The lowest BCUT2D eigenvalue weighted by atomic mass is 10.2. The fourth-order valence-electron chi connectivity index (χ4n) is 1.59. The summed E-state index contributed by atoms with van der Waals surface area (Å²) in [4.78, 5) is 15.7. The second-order valence-corrected chi connectivity index (χ2v) is 3.88. The van der Waals surface area contributed by atoms with E-state index in [1.165, 1.54) is 0 Å². The molecule has 0 saturated heterocycles. The molecular formula is C15H15N3O2. The largest absolute Gasteiger partial charge is 0.493 e. The highest BCUT2D eigenvalue weighted by atomic mass is 16.5. The lowest BCUT2D eigenvalue weighted by Gasteiger charge is -2.05. The first-order valence-electron chi connectivity index (χ1n) is 6.27. The number of carbonyl (C=O) groups excluding carboxylic acids is 1. The minimum absolute atomic E-state index is 0.322. The van der Waals surface area contributed by atoms with Crippen LogP contribution < -0.4 is 10.2 Å². The summed E-state index contributed by atoms with van der Waals surface area (Å²) >= 11 is 0. The Morgan fingerprint density at radius 2 is 2.10 bits per heavy atom. The maximum Gasteiger partial charge on any atom is 0.289 e. The van der Waals surface area contributed by atoms with Gasteiger partial charge < -0.3 is 4.74 Å². The normalized spacial score (nSPS) is 10.4. The van der Waals surface area contributed by atoms with Crippen molar-refractivity contribution >= 4 is 12.1 Å². The lowest BCUT2D eigenvalue weighted by molar-refractivity contribution is 0.0950. The molecule has 102 valence electrons. The number of aromatic nitrogens is 1. The van der Waals surface area contributed by atoms with Gasteiger partial charge in [0.15, 0.2) is 0 Å². The highest BCUT2D eigenvalue weighted by Crippen LogP contribution is 2.15. The van der Waals surface area contributed by atoms with E-state index in [1.54, 1.807) is 30.6 Å². The number of hydrazone groups is 1. The maximum atomic E-state index is 11.7. The lowest BCUT2D eigenvalue weighted by Crippen LogP contribution is -2.18. The molecule has 1 heterocycles. The average molecular weight is 269 g/mol. The van der Waals surface area contributed by atoms with Crippen LogP contribution in [0, 0.1) is 0 Å². The molecule has 20 heavy (non-hydrogen) atoms. The minimum atomic E-state index is -0.351. The van der Waals surface area contributed by atoms with Gasteiger partial charge in [0.05, 0.1) is 12.8 Å². The summed E-state index contributed by atoms with van der Waals surface area (Å²) in [6.45, 7) is 2.49. The molecule has 0 radical (unpaired) electrons. The molecule has 0 spiro atoms. The standard InChI is InChI=1S/C15H15N3O2/c1-2-20-14-9-4-3-7-12(14)11-17-18-15(19)13-8-5-6-10-16-13/h3-11H,2H2,1H3,(H,18,19)/b17-11+. The molecule has 0 bridgehead atoms. The van der Waals surface area contributed by atoms with E-state index in [0.717, 1.165) is 11.3 Å². The number of para-hydroxylation sites is 1. The zero-order valence-electron chi connectivity index (χ0n) is 11.1. The van der Waals surface area contributed by atoms with Crippen molar-refractivity contribution in [2.45, 2.75) is 6.92 Å². The quantitative estimate of drug-likeness (QED) is 0.669. The molecule has 0 aliphatic carbocycles. The van der Waals surface area contributed by atoms with Gasteiger partial charge in [0.1, 0.15) is 11.4 Å². The molecule has 1 aromatic heterocycles. The Hall–Kier alpha value is -2.69. The summed E-state index contributed by atoms with van der Waals surface area (Å²) in [6.07, 6.45) is 3.11. The minimum Gasteiger partial charge on any atom is -0.493 e. The number of pyridine rings is 1. The molecular weight excluding hydrogens is 254 g/mol. The Balaban J connectivity index is 2.02. The topological polar surface area (TPSA) is 63.6 Å². The first kappa shape index (κ1) is 13.7. The van der Waals surface area contributed by atoms with Crippen molar-refractivity contribution in [3.63, 3.8) is 0 Å². The van der Waals surface area contributed by atoms with Gasteiger partial charge in [-0.15, -0.1) is 0 Å². The van der Waals surface area contributed by atoms with Gasteiger partial charge in [0.2, 0.25) is 0 Å². The summed E-state index contributed by atoms with van der Waals surface area (Å²) in [5, 5.41) is 3.92. The molecule has 2 aromatic rings. The highest BCUT2D eigenvalue weighted by Gasteiger charge is 2.04. The summed E-state index contributed by atoms with van der Waals surface area (Å²) in [6, 6.07) is 12.6. The number of carbonyl (C=O) groups is 1. The second kappa shape index (κ2) is 7.04. The fraction of sp³-hybridized carbons (Fsp3) is 0.133. The van der Waals surface area contributed by atoms with Gasteiger partial charge >= 0.3 is 0 Å². The Kier molecular flexibility index (Phi) is 4.83. The maximum absolute atomic E-state index is 11.7. The van der Waals surface area contributed by atoms with E-state index in [0.29, 0.717) is 12.3 Å². The monoisotopic (exact) mass is 269 g/mol. The van der Waals surface area contributed by atoms with Crippen molar-refractivity contribution in [1.29, 1.82) is 0 Å². The molecule has 0 atom stereocenters. The number of benzene rings is 1. The Labute approximate surface area is 117 Å². The predicted molar refractivity (Wildman–Crippen MR) is 76.9 cm³/mol. The van der Waals surface area contributed by atoms with E-state index in [9.17, 15) is 4.79 Å². The van der Waals surface area contributed by atoms with Crippen molar-refractivity contribution in [3.05, 3.63) is 59.9 Å². The van der Waals surface area contributed by atoms with E-state index in [1.807, 2.05) is 31.2 Å². The van der Waals surface area contributed by atoms with Crippen LogP contribution >= 0.6 is 0 Å². The van der Waals surface area contributed by atoms with Crippen LogP contribution in [0.1, 0.15) is 23.0 Å². The molecule has 0 aliphatic heterocycles. The fourth-order valence-corrected chi connectivity index (χ4v) is 1.59. The van der Waals surface area contributed by atoms with Crippen molar-refractivity contribution in [2.75, 3.05) is 6.61 Å². The molecule has 1 amide bonds. The number of ether oxygens (including phenoxy) is 1. The van der Waals surface area contributed by atoms with Gasteiger partial charge in [0, 0.05) is 11.8 Å². The van der Waals surface area contributed by atoms with Gasteiger partial charge in [0.25, 0.3) is 5.91 Å². The van der Waals surface area contributed by atoms with Crippen molar-refractivity contribution in [1.82, 2.24) is 10.4 Å². The van der Waals surface area contributed by atoms with Crippen LogP contribution in [0.5, 0.6) is 5.75 Å². The average Bonchev–Trinajstić information content (AvgIpc) is 2.50. The zero-order valence-corrected chi connectivity index (χ0v) is 11.1. The number of rotatable bonds is 5. The van der Waals surface area contributed by atoms with Crippen LogP contribution in [-0.4, -0.2) is 23.7 Å². The van der Waals surface area contributed by atoms with E-state index in [2.05, 4.69) is 15.5 Å². The van der Waals surface area contributed by atoms with Crippen LogP contribution in [0.25, 0.3) is 0 Å². The molecule has 5 nitrogen and oxygen atoms in total. The molecule has 0 aliphatic rings. The van der Waals surface area contributed by atoms with Crippen LogP contribution in [0.3, 0.4) is 0 Å². The van der Waals surface area contributed by atoms with Gasteiger partial charge in [-0.2, -0.15) is 5.10 Å². The highest BCUT2D eigenvalue weighted by molar-refractivity contribution is 5.93. The third-order valence-electron chi connectivity index (χ3n) is 2.49. The molecule has 0 unspecified atom stereocenters. The van der Waals surface area contributed by atoms with Crippen molar-refractivity contribution in [3.8, 4) is 5.75 Å². The summed E-state index contributed by atoms with van der Waals surface area (Å²) in [5.41, 5.74) is 3.55. The molecule has 1 N–H and O–H groups in total. The smallest absolute Gasteiger partial charge is 0.289 e. The van der Waals surface area contributed by atoms with E-state index in [4.69, 9.17) is 4.74 Å². The predicted octanol–water partition coefficient (Wildman–Crippen LogP) is 2.24. The second-order valence-electron chi connectivity index (χ2n) is 3.88. The summed E-state index contributed by atoms with van der Waals surface area (Å²) in [7, 11) is 0. The van der Waals surface area contributed by atoms with Crippen LogP contribution in [0.15, 0.2) is 53.8 Å². The summed E-state index contributed by atoms with van der Waals surface area (Å²) < 4.78 is 5.46. The SMILES string of the molecule is CCOc1ccccc1/C=N/NC(=O)c1ccccn1. The molecule has 2 rings (SSSR count). The van der Waals surface area contributed by atoms with Gasteiger partial charge in [-0.3, -0.25) is 9.78 Å². The van der Waals surface area contributed by atoms with E-state index < -0.39 is 0 Å². The van der Waals surface area contributed by atoms with Crippen LogP contribution in [-0.2, 0) is 0 Å². The first-order chi connectivity index (χ1) is 9.81. The number of hydrogen-bond donors (Lipinski definition) is 1. The Morgan fingerprint density at radius 1 is 1.30 bits per heavy atom. The molecule has 0 fully saturated rings. The van der Waals surface area contributed by atoms with Gasteiger partial charge in [-0.25, -0.2) is 5.43 Å². The molecule has 0 saturated carbocycles. The van der Waals surface area contributed by atoms with Gasteiger partial charge in [-0.1, -0.05) is 18.2 Å². The molecule has 1 aromatic carbocycles. The van der Waals surface area contributed by atoms with E-state index >= 15 is 0 Å². The van der Waals surface area contributed by atoms with Gasteiger partial charge in [-0.05, 0) is 31.2 Å². The van der Waals surface area contributed by atoms with E-state index in [-0.39, 0.29) is 5.91 Å². The zero-order chi connectivity index (χ0) is 14.2. The molecule has 5 heteroatoms. The number of hydrogen-bond acceptors (Lipinski definition) is 4. The van der Waals surface area contributed by atoms with Crippen LogP contribution in [0.2, 0.25) is 0 Å². The number of nitrogens with one attached hydrogen (secondary N) is 1. The Morgan fingerprint density at radius 3 is 2.85 bits per heavy atom. The third-order valence-corrected chi connectivity index (χ3v) is 2.49. The van der Waals surface area contributed by atoms with Crippen LogP contribution in [0.4, 0.5) is 0 Å². The number of amides is 1. The first-order valence-corrected chi connectivity index (χ1v) is 6.27. The summed E-state index contributed by atoms with van der Waals surface area (Å²) in [5.74, 6) is 0.376. The third kappa shape index (κ3) is 3.65. The Bertz CT molecular complexity index is 597. The number of nitrogens with zero attached hydrogens (tertiary/aromatic N) is 2.